The van der Waals surface area contributed by atoms with Gasteiger partial charge in [-0.3, -0.25) is 9.59 Å². The Hall–Kier alpha value is -1.93. The number of hydrogen-bond donors (Lipinski definition) is 3. The van der Waals surface area contributed by atoms with Crippen LogP contribution in [0.25, 0.3) is 0 Å². The fraction of sp³-hybridized carbons (Fsp3) is 0.611. The van der Waals surface area contributed by atoms with Crippen molar-refractivity contribution >= 4 is 34.1 Å². The van der Waals surface area contributed by atoms with Gasteiger partial charge < -0.3 is 20.5 Å². The van der Waals surface area contributed by atoms with Crippen LogP contribution in [0.4, 0.5) is 5.00 Å². The van der Waals surface area contributed by atoms with Crippen molar-refractivity contribution in [1.82, 2.24) is 5.32 Å². The lowest BCUT2D eigenvalue weighted by atomic mass is 9.85. The molecule has 1 saturated carbocycles. The summed E-state index contributed by atoms with van der Waals surface area (Å²) in [5.41, 5.74) is 1.64. The summed E-state index contributed by atoms with van der Waals surface area (Å²) >= 11 is 1.46. The van der Waals surface area contributed by atoms with E-state index in [9.17, 15) is 14.4 Å². The number of carboxylic acid groups (broad SMARTS) is 1. The van der Waals surface area contributed by atoms with Crippen molar-refractivity contribution in [3.8, 4) is 0 Å². The molecule has 1 heterocycles. The summed E-state index contributed by atoms with van der Waals surface area (Å²) in [5.74, 6) is -1.08. The molecule has 1 aromatic heterocycles. The summed E-state index contributed by atoms with van der Waals surface area (Å²) in [6, 6.07) is 0.243. The van der Waals surface area contributed by atoms with Crippen LogP contribution in [0, 0.1) is 5.92 Å². The fourth-order valence-electron chi connectivity index (χ4n) is 3.21. The summed E-state index contributed by atoms with van der Waals surface area (Å²) in [6.45, 7) is 1.30. The van der Waals surface area contributed by atoms with Gasteiger partial charge in [-0.1, -0.05) is 13.3 Å². The Labute approximate surface area is 156 Å². The van der Waals surface area contributed by atoms with E-state index in [4.69, 9.17) is 9.84 Å². The van der Waals surface area contributed by atoms with E-state index < -0.39 is 18.5 Å². The smallest absolute Gasteiger partial charge is 0.329 e. The van der Waals surface area contributed by atoms with Gasteiger partial charge in [0.2, 0.25) is 0 Å². The number of nitrogens with one attached hydrogen (secondary N) is 2. The Morgan fingerprint density at radius 1 is 1.23 bits per heavy atom. The van der Waals surface area contributed by atoms with Crippen LogP contribution >= 0.6 is 11.3 Å². The highest BCUT2D eigenvalue weighted by atomic mass is 32.1. The molecule has 2 aliphatic rings. The predicted octanol–water partition coefficient (Wildman–Crippen LogP) is 2.19. The molecule has 0 spiro atoms. The number of carbonyl (C=O) groups is 3. The Bertz CT molecular complexity index is 711. The number of amides is 2. The molecule has 0 aromatic carbocycles. The first-order chi connectivity index (χ1) is 12.5. The lowest BCUT2D eigenvalue weighted by Crippen LogP contribution is -2.28. The topological polar surface area (TPSA) is 105 Å². The monoisotopic (exact) mass is 380 g/mol. The molecule has 0 saturated heterocycles. The van der Waals surface area contributed by atoms with Crippen LogP contribution in [0.5, 0.6) is 0 Å². The predicted molar refractivity (Wildman–Crippen MR) is 97.7 cm³/mol. The van der Waals surface area contributed by atoms with E-state index in [1.54, 1.807) is 0 Å². The minimum Gasteiger partial charge on any atom is -0.480 e. The highest BCUT2D eigenvalue weighted by Crippen LogP contribution is 2.40. The van der Waals surface area contributed by atoms with Crippen LogP contribution in [0.1, 0.15) is 53.4 Å². The molecular weight excluding hydrogens is 356 g/mol. The van der Waals surface area contributed by atoms with Gasteiger partial charge in [-0.25, -0.2) is 4.79 Å². The first kappa shape index (κ1) is 18.8. The average Bonchev–Trinajstić information content (AvgIpc) is 3.32. The standard InChI is InChI=1S/C18H24N2O5S/c1-2-10-3-6-12-13(7-10)26-18(16(12)17(24)19-11-4-5-11)20-14(21)8-25-9-15(22)23/h10-11H,2-9H2,1H3,(H,19,24)(H,20,21)(H,22,23). The second-order valence-electron chi connectivity index (χ2n) is 6.91. The van der Waals surface area contributed by atoms with Crippen molar-refractivity contribution in [3.05, 3.63) is 16.0 Å². The van der Waals surface area contributed by atoms with Crippen LogP contribution < -0.4 is 10.6 Å². The molecule has 1 unspecified atom stereocenters. The highest BCUT2D eigenvalue weighted by Gasteiger charge is 2.31. The van der Waals surface area contributed by atoms with Crippen LogP contribution in [-0.2, 0) is 27.2 Å². The maximum absolute atomic E-state index is 12.7. The van der Waals surface area contributed by atoms with Crippen molar-refractivity contribution in [2.45, 2.75) is 51.5 Å². The summed E-state index contributed by atoms with van der Waals surface area (Å²) in [5, 5.41) is 14.9. The molecule has 3 rings (SSSR count). The molecule has 0 aliphatic heterocycles. The van der Waals surface area contributed by atoms with Gasteiger partial charge in [0.05, 0.1) is 5.56 Å². The second-order valence-corrected chi connectivity index (χ2v) is 8.01. The number of thiophene rings is 1. The zero-order valence-electron chi connectivity index (χ0n) is 14.8. The zero-order chi connectivity index (χ0) is 18.7. The first-order valence-corrected chi connectivity index (χ1v) is 9.84. The summed E-state index contributed by atoms with van der Waals surface area (Å²) in [7, 11) is 0. The van der Waals surface area contributed by atoms with Gasteiger partial charge in [-0.05, 0) is 43.6 Å². The van der Waals surface area contributed by atoms with Gasteiger partial charge in [0.15, 0.2) is 0 Å². The number of fused-ring (bicyclic) bond motifs is 1. The van der Waals surface area contributed by atoms with Gasteiger partial charge in [0.1, 0.15) is 18.2 Å². The average molecular weight is 380 g/mol. The number of aliphatic carboxylic acids is 1. The van der Waals surface area contributed by atoms with Crippen molar-refractivity contribution in [2.24, 2.45) is 5.92 Å². The maximum atomic E-state index is 12.7. The molecular formula is C18H24N2O5S. The molecule has 142 valence electrons. The molecule has 3 N–H and O–H groups in total. The van der Waals surface area contributed by atoms with Gasteiger partial charge in [0, 0.05) is 10.9 Å². The van der Waals surface area contributed by atoms with Gasteiger partial charge in [-0.15, -0.1) is 11.3 Å². The van der Waals surface area contributed by atoms with Crippen molar-refractivity contribution in [3.63, 3.8) is 0 Å². The highest BCUT2D eigenvalue weighted by molar-refractivity contribution is 7.17. The van der Waals surface area contributed by atoms with Crippen molar-refractivity contribution in [2.75, 3.05) is 18.5 Å². The van der Waals surface area contributed by atoms with Gasteiger partial charge >= 0.3 is 5.97 Å². The fourth-order valence-corrected chi connectivity index (χ4v) is 4.59. The number of anilines is 1. The molecule has 0 bridgehead atoms. The van der Waals surface area contributed by atoms with E-state index in [1.807, 2.05) is 0 Å². The minimum atomic E-state index is -1.13. The van der Waals surface area contributed by atoms with Crippen LogP contribution in [0.15, 0.2) is 0 Å². The van der Waals surface area contributed by atoms with Crippen molar-refractivity contribution < 1.29 is 24.2 Å². The summed E-state index contributed by atoms with van der Waals surface area (Å²) < 4.78 is 4.83. The third-order valence-corrected chi connectivity index (χ3v) is 5.97. The molecule has 7 nitrogen and oxygen atoms in total. The summed E-state index contributed by atoms with van der Waals surface area (Å²) in [6.07, 6.45) is 5.95. The quantitative estimate of drug-likeness (QED) is 0.641. The Morgan fingerprint density at radius 3 is 2.65 bits per heavy atom. The Kier molecular flexibility index (Phi) is 5.93. The Morgan fingerprint density at radius 2 is 2.00 bits per heavy atom. The van der Waals surface area contributed by atoms with Crippen LogP contribution in [0.3, 0.4) is 0 Å². The van der Waals surface area contributed by atoms with Gasteiger partial charge in [0.25, 0.3) is 11.8 Å². The van der Waals surface area contributed by atoms with Crippen LogP contribution in [0.2, 0.25) is 0 Å². The minimum absolute atomic E-state index is 0.123. The number of rotatable bonds is 8. The molecule has 0 radical (unpaired) electrons. The number of ether oxygens (including phenoxy) is 1. The molecule has 1 fully saturated rings. The van der Waals surface area contributed by atoms with E-state index in [0.717, 1.165) is 44.1 Å². The lowest BCUT2D eigenvalue weighted by Gasteiger charge is -2.21. The van der Waals surface area contributed by atoms with Gasteiger partial charge in [-0.2, -0.15) is 0 Å². The van der Waals surface area contributed by atoms with E-state index in [1.165, 1.54) is 16.2 Å². The van der Waals surface area contributed by atoms with E-state index in [2.05, 4.69) is 17.6 Å². The maximum Gasteiger partial charge on any atom is 0.329 e. The van der Waals surface area contributed by atoms with Crippen LogP contribution in [-0.4, -0.2) is 42.1 Å². The number of hydrogen-bond acceptors (Lipinski definition) is 5. The molecule has 2 amide bonds. The van der Waals surface area contributed by atoms with E-state index in [0.29, 0.717) is 16.5 Å². The number of carbonyl (C=O) groups excluding carboxylic acids is 2. The molecule has 26 heavy (non-hydrogen) atoms. The van der Waals surface area contributed by atoms with Crippen molar-refractivity contribution in [1.29, 1.82) is 0 Å². The third kappa shape index (κ3) is 4.62. The normalized spacial score (nSPS) is 18.9. The molecule has 1 atom stereocenters. The largest absolute Gasteiger partial charge is 0.480 e. The molecule has 1 aromatic rings. The Balaban J connectivity index is 1.76. The zero-order valence-corrected chi connectivity index (χ0v) is 15.6. The molecule has 2 aliphatic carbocycles. The summed E-state index contributed by atoms with van der Waals surface area (Å²) in [4.78, 5) is 36.5. The number of carboxylic acids is 1. The molecule has 8 heteroatoms. The first-order valence-electron chi connectivity index (χ1n) is 9.02. The third-order valence-electron chi connectivity index (χ3n) is 4.80. The SMILES string of the molecule is CCC1CCc2c(sc(NC(=O)COCC(=O)O)c2C(=O)NC2CC2)C1. The van der Waals surface area contributed by atoms with E-state index in [-0.39, 0.29) is 18.6 Å². The lowest BCUT2D eigenvalue weighted by molar-refractivity contribution is -0.143. The van der Waals surface area contributed by atoms with E-state index >= 15 is 0 Å². The second kappa shape index (κ2) is 8.18.